The van der Waals surface area contributed by atoms with Gasteiger partial charge in [0.1, 0.15) is 29.0 Å². The van der Waals surface area contributed by atoms with Crippen molar-refractivity contribution in [1.29, 1.82) is 0 Å². The van der Waals surface area contributed by atoms with Gasteiger partial charge < -0.3 is 29.5 Å². The molecule has 10 heteroatoms. The molecule has 0 radical (unpaired) electrons. The van der Waals surface area contributed by atoms with Crippen LogP contribution in [0.5, 0.6) is 11.5 Å². The van der Waals surface area contributed by atoms with E-state index in [9.17, 15) is 19.1 Å². The van der Waals surface area contributed by atoms with Crippen LogP contribution >= 0.6 is 0 Å². The Morgan fingerprint density at radius 2 is 1.88 bits per heavy atom. The van der Waals surface area contributed by atoms with Crippen molar-refractivity contribution in [2.24, 2.45) is 5.41 Å². The molecule has 1 spiro atoms. The molecule has 2 aromatic rings. The first-order valence-corrected chi connectivity index (χ1v) is 14.0. The lowest BCUT2D eigenvalue weighted by Crippen LogP contribution is -2.81. The molecule has 1 saturated carbocycles. The Morgan fingerprint density at radius 3 is 2.56 bits per heavy atom. The number of carbonyl (C=O) groups is 2. The Labute approximate surface area is 238 Å². The van der Waals surface area contributed by atoms with Crippen LogP contribution in [0.1, 0.15) is 32.3 Å². The summed E-state index contributed by atoms with van der Waals surface area (Å²) in [4.78, 5) is 30.1. The van der Waals surface area contributed by atoms with Crippen molar-refractivity contribution in [3.05, 3.63) is 66.0 Å². The first-order chi connectivity index (χ1) is 19.6. The molecule has 1 amide bonds. The molecule has 4 aliphatic rings. The van der Waals surface area contributed by atoms with Crippen LogP contribution in [0.4, 0.5) is 14.9 Å². The van der Waals surface area contributed by atoms with Gasteiger partial charge in [0.2, 0.25) is 0 Å². The average Bonchev–Trinajstić information content (AvgIpc) is 3.47. The van der Waals surface area contributed by atoms with Crippen molar-refractivity contribution in [2.75, 3.05) is 38.7 Å². The molecule has 0 aromatic heterocycles. The highest BCUT2D eigenvalue weighted by atomic mass is 19.1. The van der Waals surface area contributed by atoms with Crippen LogP contribution in [0.25, 0.3) is 0 Å². The van der Waals surface area contributed by atoms with Crippen LogP contribution in [0.2, 0.25) is 0 Å². The maximum Gasteiger partial charge on any atom is 0.412 e. The lowest BCUT2D eigenvalue weighted by molar-refractivity contribution is -0.216. The number of likely N-dealkylation sites (N-methyl/N-ethyl adjacent to an activating group) is 1. The lowest BCUT2D eigenvalue weighted by Gasteiger charge is -2.64. The van der Waals surface area contributed by atoms with Gasteiger partial charge in [-0.2, -0.15) is 0 Å². The first kappa shape index (κ1) is 27.5. The van der Waals surface area contributed by atoms with Crippen molar-refractivity contribution < 1.29 is 33.3 Å². The van der Waals surface area contributed by atoms with Gasteiger partial charge in [0.25, 0.3) is 0 Å². The Hall–Kier alpha value is -3.63. The first-order valence-electron chi connectivity index (χ1n) is 14.0. The number of ether oxygens (including phenoxy) is 3. The van der Waals surface area contributed by atoms with E-state index in [1.807, 2.05) is 19.2 Å². The highest BCUT2D eigenvalue weighted by Gasteiger charge is 2.77. The smallest absolute Gasteiger partial charge is 0.412 e. The fraction of sp³-hybridized carbons (Fsp3) is 0.484. The third-order valence-electron chi connectivity index (χ3n) is 9.76. The van der Waals surface area contributed by atoms with Gasteiger partial charge in [-0.25, -0.2) is 9.18 Å². The molecular formula is C31H36FN3O6. The maximum atomic E-state index is 13.4. The van der Waals surface area contributed by atoms with Crippen molar-refractivity contribution >= 4 is 17.7 Å². The second-order valence-corrected chi connectivity index (χ2v) is 11.6. The van der Waals surface area contributed by atoms with E-state index in [2.05, 4.69) is 40.3 Å². The number of benzene rings is 2. The van der Waals surface area contributed by atoms with Gasteiger partial charge >= 0.3 is 12.1 Å². The van der Waals surface area contributed by atoms with Crippen molar-refractivity contribution in [3.63, 3.8) is 0 Å². The molecule has 2 fully saturated rings. The molecule has 9 nitrogen and oxygen atoms in total. The average molecular weight is 566 g/mol. The zero-order valence-electron chi connectivity index (χ0n) is 23.7. The van der Waals surface area contributed by atoms with E-state index >= 15 is 0 Å². The largest absolute Gasteiger partial charge is 0.497 e. The third-order valence-corrected chi connectivity index (χ3v) is 9.76. The van der Waals surface area contributed by atoms with Crippen molar-refractivity contribution in [1.82, 2.24) is 10.2 Å². The molecule has 3 aliphatic heterocycles. The third kappa shape index (κ3) is 3.87. The topological polar surface area (TPSA) is 101 Å². The van der Waals surface area contributed by atoms with Crippen molar-refractivity contribution in [3.8, 4) is 11.5 Å². The van der Waals surface area contributed by atoms with Crippen LogP contribution in [0.15, 0.2) is 54.6 Å². The SMILES string of the molecule is CC[C@]12C=CCN3CC[C@@]4(c5ccc(OC)cc5N(C)[C@H]4[C@@](O)(CNC(=O)Oc4ccc(F)cc4)[C@@H]1OC(C)=O)[C@@H]32. The quantitative estimate of drug-likeness (QED) is 0.406. The van der Waals surface area contributed by atoms with E-state index in [1.165, 1.54) is 31.2 Å². The molecule has 3 heterocycles. The zero-order valence-corrected chi connectivity index (χ0v) is 23.7. The number of halogens is 1. The maximum absolute atomic E-state index is 13.4. The van der Waals surface area contributed by atoms with Gasteiger partial charge in [0.15, 0.2) is 0 Å². The van der Waals surface area contributed by atoms with Gasteiger partial charge in [-0.1, -0.05) is 25.1 Å². The number of rotatable bonds is 6. The summed E-state index contributed by atoms with van der Waals surface area (Å²) in [6.45, 7) is 4.74. The molecule has 6 rings (SSSR count). The highest BCUT2D eigenvalue weighted by molar-refractivity contribution is 5.73. The number of nitrogens with one attached hydrogen (secondary N) is 1. The number of methoxy groups -OCH3 is 1. The molecule has 2 N–H and O–H groups in total. The number of nitrogens with zero attached hydrogens (tertiary/aromatic N) is 2. The zero-order chi connectivity index (χ0) is 29.2. The van der Waals surface area contributed by atoms with E-state index in [4.69, 9.17) is 14.2 Å². The second kappa shape index (κ2) is 9.73. The fourth-order valence-electron chi connectivity index (χ4n) is 8.50. The van der Waals surface area contributed by atoms with Crippen LogP contribution in [-0.4, -0.2) is 79.6 Å². The monoisotopic (exact) mass is 565 g/mol. The summed E-state index contributed by atoms with van der Waals surface area (Å²) in [5, 5.41) is 15.7. The summed E-state index contributed by atoms with van der Waals surface area (Å²) >= 11 is 0. The molecule has 1 aliphatic carbocycles. The molecule has 218 valence electrons. The van der Waals surface area contributed by atoms with Crippen LogP contribution in [-0.2, 0) is 14.9 Å². The van der Waals surface area contributed by atoms with Gasteiger partial charge in [-0.3, -0.25) is 9.69 Å². The second-order valence-electron chi connectivity index (χ2n) is 11.6. The summed E-state index contributed by atoms with van der Waals surface area (Å²) in [7, 11) is 3.56. The highest BCUT2D eigenvalue weighted by Crippen LogP contribution is 2.67. The Bertz CT molecular complexity index is 1400. The number of fused-ring (bicyclic) bond motifs is 1. The molecule has 41 heavy (non-hydrogen) atoms. The number of esters is 1. The standard InChI is InChI=1S/C31H36FN3O6/c1-5-29-13-6-15-35-16-14-30(25(29)35)23-12-11-22(39-4)17-24(23)34(3)26(30)31(38,27(29)40-19(2)36)18-33-28(37)41-21-9-7-20(32)8-10-21/h6-13,17,25-27,38H,5,14-16,18H2,1-4H3,(H,33,37)/t25-,26+,27+,29+,30+,31-/m0/s1. The van der Waals surface area contributed by atoms with Crippen LogP contribution < -0.4 is 19.7 Å². The normalized spacial score (nSPS) is 33.0. The Morgan fingerprint density at radius 1 is 1.15 bits per heavy atom. The van der Waals surface area contributed by atoms with Gasteiger partial charge in [0.05, 0.1) is 19.7 Å². The summed E-state index contributed by atoms with van der Waals surface area (Å²) < 4.78 is 30.4. The predicted octanol–water partition coefficient (Wildman–Crippen LogP) is 3.40. The van der Waals surface area contributed by atoms with E-state index in [0.717, 1.165) is 30.8 Å². The Kier molecular flexibility index (Phi) is 6.54. The van der Waals surface area contributed by atoms with Gasteiger partial charge in [0, 0.05) is 49.1 Å². The number of carbonyl (C=O) groups excluding carboxylic acids is 2. The van der Waals surface area contributed by atoms with Crippen molar-refractivity contribution in [2.45, 2.75) is 55.9 Å². The minimum Gasteiger partial charge on any atom is -0.497 e. The summed E-state index contributed by atoms with van der Waals surface area (Å²) in [5.74, 6) is -0.0931. The molecule has 1 saturated heterocycles. The summed E-state index contributed by atoms with van der Waals surface area (Å²) in [6.07, 6.45) is 3.83. The minimum atomic E-state index is -1.72. The fourth-order valence-corrected chi connectivity index (χ4v) is 8.50. The molecule has 0 unspecified atom stereocenters. The van der Waals surface area contributed by atoms with E-state index in [-0.39, 0.29) is 18.3 Å². The minimum absolute atomic E-state index is 0.0529. The predicted molar refractivity (Wildman–Crippen MR) is 150 cm³/mol. The molecule has 6 atom stereocenters. The lowest BCUT2D eigenvalue weighted by atomic mass is 9.47. The summed E-state index contributed by atoms with van der Waals surface area (Å²) in [6, 6.07) is 10.5. The Balaban J connectivity index is 1.48. The van der Waals surface area contributed by atoms with Crippen LogP contribution in [0, 0.1) is 11.2 Å². The number of amides is 1. The summed E-state index contributed by atoms with van der Waals surface area (Å²) in [5.41, 5.74) is -0.924. The molecular weight excluding hydrogens is 529 g/mol. The number of hydrogen-bond acceptors (Lipinski definition) is 8. The number of anilines is 1. The molecule has 2 aromatic carbocycles. The van der Waals surface area contributed by atoms with Crippen LogP contribution in [0.3, 0.4) is 0 Å². The van der Waals surface area contributed by atoms with E-state index < -0.39 is 46.5 Å². The van der Waals surface area contributed by atoms with E-state index in [1.54, 1.807) is 7.11 Å². The number of aliphatic hydroxyl groups is 1. The molecule has 0 bridgehead atoms. The van der Waals surface area contributed by atoms with Gasteiger partial charge in [-0.05, 0) is 55.3 Å². The van der Waals surface area contributed by atoms with Gasteiger partial charge in [-0.15, -0.1) is 0 Å². The number of hydrogen-bond donors (Lipinski definition) is 2. The van der Waals surface area contributed by atoms with E-state index in [0.29, 0.717) is 12.2 Å².